The largest absolute Gasteiger partial charge is 0.340 e. The Kier molecular flexibility index (Phi) is 6.40. The summed E-state index contributed by atoms with van der Waals surface area (Å²) in [5, 5.41) is 2.88. The van der Waals surface area contributed by atoms with E-state index in [1.165, 1.54) is 0 Å². The Morgan fingerprint density at radius 3 is 2.25 bits per heavy atom. The molecule has 2 heterocycles. The molecule has 0 bridgehead atoms. The van der Waals surface area contributed by atoms with Gasteiger partial charge >= 0.3 is 0 Å². The summed E-state index contributed by atoms with van der Waals surface area (Å²) in [6.07, 6.45) is 0.679. The number of piperazine rings is 1. The summed E-state index contributed by atoms with van der Waals surface area (Å²) in [4.78, 5) is 29.5. The molecule has 2 aliphatic rings. The molecule has 1 aromatic carbocycles. The summed E-state index contributed by atoms with van der Waals surface area (Å²) in [7, 11) is -2.91. The van der Waals surface area contributed by atoms with Crippen LogP contribution in [0.5, 0.6) is 0 Å². The van der Waals surface area contributed by atoms with Crippen LogP contribution in [0.3, 0.4) is 0 Å². The molecule has 0 aromatic heterocycles. The fourth-order valence-corrected chi connectivity index (χ4v) is 5.66. The molecule has 1 N–H and O–H groups in total. The zero-order valence-corrected chi connectivity index (χ0v) is 17.3. The van der Waals surface area contributed by atoms with Gasteiger partial charge in [-0.25, -0.2) is 8.42 Å². The van der Waals surface area contributed by atoms with Crippen LogP contribution in [0, 0.1) is 5.92 Å². The molecule has 1 aromatic rings. The molecule has 2 amide bonds. The van der Waals surface area contributed by atoms with Crippen molar-refractivity contribution in [1.29, 1.82) is 0 Å². The molecule has 8 heteroatoms. The van der Waals surface area contributed by atoms with Crippen molar-refractivity contribution >= 4 is 21.7 Å². The first-order valence-corrected chi connectivity index (χ1v) is 11.7. The highest BCUT2D eigenvalue weighted by molar-refractivity contribution is 7.91. The maximum atomic E-state index is 13.0. The normalized spacial score (nSPS) is 23.5. The van der Waals surface area contributed by atoms with Crippen LogP contribution in [0.4, 0.5) is 0 Å². The first-order valence-electron chi connectivity index (χ1n) is 9.86. The van der Waals surface area contributed by atoms with Crippen molar-refractivity contribution in [3.8, 4) is 0 Å². The highest BCUT2D eigenvalue weighted by Gasteiger charge is 2.36. The van der Waals surface area contributed by atoms with Crippen molar-refractivity contribution in [1.82, 2.24) is 15.1 Å². The standard InChI is InChI=1S/C20H29N3O4S/c1-15(2)18(21-19(24)16-6-4-3-5-7-16)20(25)23-11-9-22(10-12-23)17-8-13-28(26,27)14-17/h3-7,15,17-18H,8-14H2,1-2H3,(H,21,24)/t17?,18-/m0/s1. The zero-order valence-electron chi connectivity index (χ0n) is 16.5. The second kappa shape index (κ2) is 8.61. The lowest BCUT2D eigenvalue weighted by Crippen LogP contribution is -2.57. The quantitative estimate of drug-likeness (QED) is 0.779. The zero-order chi connectivity index (χ0) is 20.3. The van der Waals surface area contributed by atoms with E-state index in [1.807, 2.05) is 19.9 Å². The minimum absolute atomic E-state index is 0.0295. The molecule has 2 fully saturated rings. The lowest BCUT2D eigenvalue weighted by atomic mass is 10.0. The summed E-state index contributed by atoms with van der Waals surface area (Å²) < 4.78 is 23.4. The van der Waals surface area contributed by atoms with Crippen molar-refractivity contribution < 1.29 is 18.0 Å². The Hall–Kier alpha value is -1.93. The third kappa shape index (κ3) is 4.91. The third-order valence-corrected chi connectivity index (χ3v) is 7.36. The van der Waals surface area contributed by atoms with Gasteiger partial charge in [-0.1, -0.05) is 32.0 Å². The van der Waals surface area contributed by atoms with Crippen LogP contribution in [0.15, 0.2) is 30.3 Å². The number of nitrogens with one attached hydrogen (secondary N) is 1. The minimum atomic E-state index is -2.91. The lowest BCUT2D eigenvalue weighted by Gasteiger charge is -2.39. The summed E-state index contributed by atoms with van der Waals surface area (Å²) >= 11 is 0. The number of sulfone groups is 1. The minimum Gasteiger partial charge on any atom is -0.340 e. The van der Waals surface area contributed by atoms with E-state index in [0.29, 0.717) is 38.2 Å². The van der Waals surface area contributed by atoms with E-state index in [-0.39, 0.29) is 35.3 Å². The van der Waals surface area contributed by atoms with Gasteiger partial charge in [0.05, 0.1) is 11.5 Å². The topological polar surface area (TPSA) is 86.8 Å². The average molecular weight is 408 g/mol. The molecule has 28 heavy (non-hydrogen) atoms. The SMILES string of the molecule is CC(C)[C@H](NC(=O)c1ccccc1)C(=O)N1CCN(C2CCS(=O)(=O)C2)CC1. The van der Waals surface area contributed by atoms with Crippen molar-refractivity contribution in [3.05, 3.63) is 35.9 Å². The van der Waals surface area contributed by atoms with E-state index < -0.39 is 15.9 Å². The fraction of sp³-hybridized carbons (Fsp3) is 0.600. The summed E-state index contributed by atoms with van der Waals surface area (Å²) in [5.41, 5.74) is 0.535. The molecule has 154 valence electrons. The van der Waals surface area contributed by atoms with Gasteiger partial charge in [0.2, 0.25) is 5.91 Å². The molecule has 2 aliphatic heterocycles. The van der Waals surface area contributed by atoms with Crippen molar-refractivity contribution in [2.24, 2.45) is 5.92 Å². The highest BCUT2D eigenvalue weighted by atomic mass is 32.2. The van der Waals surface area contributed by atoms with Crippen LogP contribution in [0.1, 0.15) is 30.6 Å². The fourth-order valence-electron chi connectivity index (χ4n) is 3.90. The Balaban J connectivity index is 1.58. The second-order valence-corrected chi connectivity index (χ2v) is 10.2. The second-order valence-electron chi connectivity index (χ2n) is 7.98. The van der Waals surface area contributed by atoms with E-state index in [1.54, 1.807) is 29.2 Å². The number of rotatable bonds is 5. The Morgan fingerprint density at radius 1 is 1.07 bits per heavy atom. The lowest BCUT2D eigenvalue weighted by molar-refractivity contribution is -0.136. The molecule has 7 nitrogen and oxygen atoms in total. The maximum Gasteiger partial charge on any atom is 0.251 e. The molecule has 0 spiro atoms. The number of hydrogen-bond acceptors (Lipinski definition) is 5. The van der Waals surface area contributed by atoms with Crippen molar-refractivity contribution in [2.75, 3.05) is 37.7 Å². The smallest absolute Gasteiger partial charge is 0.251 e. The molecule has 3 rings (SSSR count). The van der Waals surface area contributed by atoms with Gasteiger partial charge in [0.15, 0.2) is 9.84 Å². The molecular weight excluding hydrogens is 378 g/mol. The van der Waals surface area contributed by atoms with E-state index in [0.717, 1.165) is 0 Å². The predicted octanol–water partition coefficient (Wildman–Crippen LogP) is 0.772. The average Bonchev–Trinajstić information content (AvgIpc) is 3.05. The highest BCUT2D eigenvalue weighted by Crippen LogP contribution is 2.20. The van der Waals surface area contributed by atoms with Crippen LogP contribution in [-0.2, 0) is 14.6 Å². The third-order valence-electron chi connectivity index (χ3n) is 5.61. The molecule has 2 atom stereocenters. The molecular formula is C20H29N3O4S. The maximum absolute atomic E-state index is 13.0. The number of nitrogens with zero attached hydrogens (tertiary/aromatic N) is 2. The Bertz CT molecular complexity index is 802. The van der Waals surface area contributed by atoms with Gasteiger partial charge in [0, 0.05) is 37.8 Å². The Morgan fingerprint density at radius 2 is 1.71 bits per heavy atom. The van der Waals surface area contributed by atoms with Crippen LogP contribution in [-0.4, -0.2) is 79.8 Å². The summed E-state index contributed by atoms with van der Waals surface area (Å²) in [5.74, 6) is 0.138. The van der Waals surface area contributed by atoms with Gasteiger partial charge in [-0.3, -0.25) is 14.5 Å². The summed E-state index contributed by atoms with van der Waals surface area (Å²) in [6.45, 7) is 6.30. The monoisotopic (exact) mass is 407 g/mol. The first kappa shape index (κ1) is 20.8. The summed E-state index contributed by atoms with van der Waals surface area (Å²) in [6, 6.07) is 8.38. The van der Waals surface area contributed by atoms with Crippen LogP contribution in [0.2, 0.25) is 0 Å². The Labute approximate surface area is 167 Å². The van der Waals surface area contributed by atoms with Gasteiger partial charge in [-0.05, 0) is 24.5 Å². The van der Waals surface area contributed by atoms with E-state index in [9.17, 15) is 18.0 Å². The number of amides is 2. The van der Waals surface area contributed by atoms with Crippen molar-refractivity contribution in [2.45, 2.75) is 32.4 Å². The van der Waals surface area contributed by atoms with Gasteiger partial charge in [0.1, 0.15) is 6.04 Å². The van der Waals surface area contributed by atoms with Gasteiger partial charge < -0.3 is 10.2 Å². The number of hydrogen-bond donors (Lipinski definition) is 1. The van der Waals surface area contributed by atoms with E-state index >= 15 is 0 Å². The first-order chi connectivity index (χ1) is 13.3. The number of carbonyl (C=O) groups excluding carboxylic acids is 2. The van der Waals surface area contributed by atoms with E-state index in [2.05, 4.69) is 10.2 Å². The van der Waals surface area contributed by atoms with Crippen molar-refractivity contribution in [3.63, 3.8) is 0 Å². The van der Waals surface area contributed by atoms with Crippen LogP contribution in [0.25, 0.3) is 0 Å². The number of benzene rings is 1. The number of carbonyl (C=O) groups is 2. The van der Waals surface area contributed by atoms with Crippen LogP contribution >= 0.6 is 0 Å². The molecule has 0 radical (unpaired) electrons. The van der Waals surface area contributed by atoms with Gasteiger partial charge in [0.25, 0.3) is 5.91 Å². The van der Waals surface area contributed by atoms with Gasteiger partial charge in [-0.15, -0.1) is 0 Å². The van der Waals surface area contributed by atoms with E-state index in [4.69, 9.17) is 0 Å². The molecule has 0 aliphatic carbocycles. The molecule has 1 unspecified atom stereocenters. The van der Waals surface area contributed by atoms with Gasteiger partial charge in [-0.2, -0.15) is 0 Å². The molecule has 2 saturated heterocycles. The van der Waals surface area contributed by atoms with Crippen LogP contribution < -0.4 is 5.32 Å². The predicted molar refractivity (Wildman–Crippen MR) is 108 cm³/mol. The molecule has 0 saturated carbocycles.